The second-order valence-corrected chi connectivity index (χ2v) is 5.16. The molecule has 0 N–H and O–H groups in total. The molecule has 1 aliphatic rings. The van der Waals surface area contributed by atoms with Crippen molar-refractivity contribution in [1.29, 1.82) is 5.26 Å². The van der Waals surface area contributed by atoms with Crippen LogP contribution in [0.25, 0.3) is 0 Å². The number of hydrogen-bond acceptors (Lipinski definition) is 4. The number of nitriles is 1. The molecule has 0 unspecified atom stereocenters. The van der Waals surface area contributed by atoms with E-state index in [9.17, 15) is 4.79 Å². The zero-order chi connectivity index (χ0) is 15.4. The first-order chi connectivity index (χ1) is 10.8. The van der Waals surface area contributed by atoms with Crippen LogP contribution in [0.15, 0.2) is 48.7 Å². The molecule has 5 heteroatoms. The summed E-state index contributed by atoms with van der Waals surface area (Å²) in [5.74, 6) is -0.0234. The number of para-hydroxylation sites is 1. The van der Waals surface area contributed by atoms with E-state index in [1.807, 2.05) is 29.2 Å². The summed E-state index contributed by atoms with van der Waals surface area (Å²) in [6.45, 7) is 3.01. The fourth-order valence-corrected chi connectivity index (χ4v) is 2.58. The van der Waals surface area contributed by atoms with Crippen LogP contribution in [0, 0.1) is 11.3 Å². The summed E-state index contributed by atoms with van der Waals surface area (Å²) < 4.78 is 0. The first kappa shape index (κ1) is 14.1. The summed E-state index contributed by atoms with van der Waals surface area (Å²) in [7, 11) is 0. The Bertz CT molecular complexity index is 683. The third-order valence-electron chi connectivity index (χ3n) is 3.81. The first-order valence-electron chi connectivity index (χ1n) is 7.23. The Morgan fingerprint density at radius 1 is 1.05 bits per heavy atom. The van der Waals surface area contributed by atoms with Gasteiger partial charge < -0.3 is 9.80 Å². The molecule has 1 aromatic carbocycles. The lowest BCUT2D eigenvalue weighted by atomic mass is 10.2. The van der Waals surface area contributed by atoms with E-state index in [4.69, 9.17) is 5.26 Å². The molecule has 1 saturated heterocycles. The molecule has 0 aliphatic carbocycles. The minimum absolute atomic E-state index is 0.0234. The van der Waals surface area contributed by atoms with E-state index in [2.05, 4.69) is 22.0 Å². The normalized spacial score (nSPS) is 14.5. The number of amides is 1. The molecule has 0 radical (unpaired) electrons. The van der Waals surface area contributed by atoms with Crippen LogP contribution in [0.4, 0.5) is 5.69 Å². The van der Waals surface area contributed by atoms with Crippen LogP contribution in [0.3, 0.4) is 0 Å². The number of carbonyl (C=O) groups is 1. The predicted octanol–water partition coefficient (Wildman–Crippen LogP) is 1.92. The largest absolute Gasteiger partial charge is 0.368 e. The molecule has 0 bridgehead atoms. The third kappa shape index (κ3) is 2.91. The van der Waals surface area contributed by atoms with E-state index in [0.29, 0.717) is 24.3 Å². The van der Waals surface area contributed by atoms with Crippen LogP contribution in [0.2, 0.25) is 0 Å². The van der Waals surface area contributed by atoms with Crippen LogP contribution in [0.5, 0.6) is 0 Å². The summed E-state index contributed by atoms with van der Waals surface area (Å²) in [6, 6.07) is 15.4. The van der Waals surface area contributed by atoms with Crippen molar-refractivity contribution >= 4 is 11.6 Å². The molecule has 3 rings (SSSR count). The summed E-state index contributed by atoms with van der Waals surface area (Å²) in [5.41, 5.74) is 2.05. The van der Waals surface area contributed by atoms with Crippen molar-refractivity contribution in [1.82, 2.24) is 9.88 Å². The van der Waals surface area contributed by atoms with Crippen LogP contribution < -0.4 is 4.90 Å². The second kappa shape index (κ2) is 6.27. The second-order valence-electron chi connectivity index (χ2n) is 5.16. The number of piperazine rings is 1. The molecule has 1 amide bonds. The number of anilines is 1. The lowest BCUT2D eigenvalue weighted by Crippen LogP contribution is -2.48. The lowest BCUT2D eigenvalue weighted by molar-refractivity contribution is 0.0746. The summed E-state index contributed by atoms with van der Waals surface area (Å²) in [5, 5.41) is 8.74. The Balaban J connectivity index is 1.63. The number of carbonyl (C=O) groups excluding carboxylic acids is 1. The van der Waals surface area contributed by atoms with Gasteiger partial charge in [-0.2, -0.15) is 5.26 Å². The fourth-order valence-electron chi connectivity index (χ4n) is 2.58. The molecular weight excluding hydrogens is 276 g/mol. The van der Waals surface area contributed by atoms with Crippen LogP contribution in [0.1, 0.15) is 16.1 Å². The van der Waals surface area contributed by atoms with Gasteiger partial charge in [-0.3, -0.25) is 4.79 Å². The van der Waals surface area contributed by atoms with Gasteiger partial charge in [0.05, 0.1) is 5.56 Å². The van der Waals surface area contributed by atoms with Crippen LogP contribution in [-0.4, -0.2) is 42.0 Å². The van der Waals surface area contributed by atoms with Gasteiger partial charge in [0.1, 0.15) is 11.8 Å². The summed E-state index contributed by atoms with van der Waals surface area (Å²) in [4.78, 5) is 20.5. The highest BCUT2D eigenvalue weighted by Gasteiger charge is 2.22. The molecular formula is C17H16N4O. The molecule has 22 heavy (non-hydrogen) atoms. The molecule has 1 aromatic heterocycles. The van der Waals surface area contributed by atoms with E-state index in [1.54, 1.807) is 12.1 Å². The Morgan fingerprint density at radius 2 is 1.77 bits per heavy atom. The van der Waals surface area contributed by atoms with E-state index >= 15 is 0 Å². The van der Waals surface area contributed by atoms with Gasteiger partial charge >= 0.3 is 0 Å². The van der Waals surface area contributed by atoms with Crippen molar-refractivity contribution in [3.63, 3.8) is 0 Å². The first-order valence-corrected chi connectivity index (χ1v) is 7.23. The molecule has 110 valence electrons. The number of hydrogen-bond donors (Lipinski definition) is 0. The molecule has 1 fully saturated rings. The standard InChI is InChI=1S/C17H16N4O/c18-12-15-7-6-14(13-19-15)17(22)21-10-8-20(9-11-21)16-4-2-1-3-5-16/h1-7,13H,8-11H2. The highest BCUT2D eigenvalue weighted by atomic mass is 16.2. The van der Waals surface area contributed by atoms with Gasteiger partial charge in [0, 0.05) is 38.1 Å². The van der Waals surface area contributed by atoms with Crippen molar-refractivity contribution in [3.05, 3.63) is 59.9 Å². The average molecular weight is 292 g/mol. The highest BCUT2D eigenvalue weighted by Crippen LogP contribution is 2.16. The zero-order valence-corrected chi connectivity index (χ0v) is 12.1. The molecule has 2 aromatic rings. The minimum atomic E-state index is -0.0234. The highest BCUT2D eigenvalue weighted by molar-refractivity contribution is 5.94. The molecule has 5 nitrogen and oxygen atoms in total. The van der Waals surface area contributed by atoms with Gasteiger partial charge in [-0.25, -0.2) is 4.98 Å². The maximum atomic E-state index is 12.4. The van der Waals surface area contributed by atoms with Crippen molar-refractivity contribution in [2.24, 2.45) is 0 Å². The lowest BCUT2D eigenvalue weighted by Gasteiger charge is -2.36. The summed E-state index contributed by atoms with van der Waals surface area (Å²) in [6.07, 6.45) is 1.48. The molecule has 2 heterocycles. The Kier molecular flexibility index (Phi) is 4.01. The van der Waals surface area contributed by atoms with E-state index in [1.165, 1.54) is 11.9 Å². The van der Waals surface area contributed by atoms with Crippen molar-refractivity contribution < 1.29 is 4.79 Å². The Hall–Kier alpha value is -2.87. The SMILES string of the molecule is N#Cc1ccc(C(=O)N2CCN(c3ccccc3)CC2)cn1. The monoisotopic (exact) mass is 292 g/mol. The minimum Gasteiger partial charge on any atom is -0.368 e. The topological polar surface area (TPSA) is 60.2 Å². The van der Waals surface area contributed by atoms with Gasteiger partial charge in [-0.05, 0) is 24.3 Å². The van der Waals surface area contributed by atoms with Crippen molar-refractivity contribution in [2.75, 3.05) is 31.1 Å². The van der Waals surface area contributed by atoms with Gasteiger partial charge in [0.2, 0.25) is 0 Å². The smallest absolute Gasteiger partial charge is 0.255 e. The zero-order valence-electron chi connectivity index (χ0n) is 12.1. The van der Waals surface area contributed by atoms with Gasteiger partial charge in [-0.15, -0.1) is 0 Å². The molecule has 0 spiro atoms. The Labute approximate surface area is 129 Å². The van der Waals surface area contributed by atoms with E-state index < -0.39 is 0 Å². The fraction of sp³-hybridized carbons (Fsp3) is 0.235. The molecule has 1 aliphatic heterocycles. The van der Waals surface area contributed by atoms with Crippen LogP contribution in [-0.2, 0) is 0 Å². The van der Waals surface area contributed by atoms with Crippen molar-refractivity contribution in [2.45, 2.75) is 0 Å². The number of aromatic nitrogens is 1. The van der Waals surface area contributed by atoms with Crippen LogP contribution >= 0.6 is 0 Å². The van der Waals surface area contributed by atoms with Gasteiger partial charge in [0.15, 0.2) is 0 Å². The maximum absolute atomic E-state index is 12.4. The van der Waals surface area contributed by atoms with E-state index in [0.717, 1.165) is 13.1 Å². The number of benzene rings is 1. The summed E-state index contributed by atoms with van der Waals surface area (Å²) >= 11 is 0. The van der Waals surface area contributed by atoms with Gasteiger partial charge in [-0.1, -0.05) is 18.2 Å². The Morgan fingerprint density at radius 3 is 2.36 bits per heavy atom. The maximum Gasteiger partial charge on any atom is 0.255 e. The number of nitrogens with zero attached hydrogens (tertiary/aromatic N) is 4. The quantitative estimate of drug-likeness (QED) is 0.848. The molecule has 0 atom stereocenters. The number of pyridine rings is 1. The number of rotatable bonds is 2. The van der Waals surface area contributed by atoms with E-state index in [-0.39, 0.29) is 5.91 Å². The molecule has 0 saturated carbocycles. The van der Waals surface area contributed by atoms with Crippen molar-refractivity contribution in [3.8, 4) is 6.07 Å². The van der Waals surface area contributed by atoms with Gasteiger partial charge in [0.25, 0.3) is 5.91 Å². The average Bonchev–Trinajstić information content (AvgIpc) is 2.62. The third-order valence-corrected chi connectivity index (χ3v) is 3.81. The predicted molar refractivity (Wildman–Crippen MR) is 83.5 cm³/mol.